The molecule has 0 aromatic heterocycles. The molecule has 2 aromatic rings. The van der Waals surface area contributed by atoms with Gasteiger partial charge in [0.15, 0.2) is 0 Å². The van der Waals surface area contributed by atoms with E-state index in [4.69, 9.17) is 5.73 Å². The first-order valence-corrected chi connectivity index (χ1v) is 10.2. The number of primary amides is 1. The van der Waals surface area contributed by atoms with E-state index in [-0.39, 0.29) is 36.7 Å². The lowest BCUT2D eigenvalue weighted by atomic mass is 10.1. The first-order chi connectivity index (χ1) is 14.5. The minimum absolute atomic E-state index is 0.166. The SMILES string of the molecule is Cc1ccccc1C(=O)NCCC(=O)Nc1ccccc1CN1CCCC1C(N)=O. The molecule has 4 N–H and O–H groups in total. The number of carbonyl (C=O) groups excluding carboxylic acids is 3. The Morgan fingerprint density at radius 3 is 2.60 bits per heavy atom. The van der Waals surface area contributed by atoms with Crippen molar-refractivity contribution >= 4 is 23.4 Å². The van der Waals surface area contributed by atoms with Crippen LogP contribution in [0.2, 0.25) is 0 Å². The number of benzene rings is 2. The van der Waals surface area contributed by atoms with Crippen LogP contribution in [0.3, 0.4) is 0 Å². The molecule has 0 bridgehead atoms. The number of carbonyl (C=O) groups is 3. The maximum atomic E-state index is 12.4. The topological polar surface area (TPSA) is 105 Å². The number of hydrogen-bond donors (Lipinski definition) is 3. The zero-order chi connectivity index (χ0) is 21.5. The van der Waals surface area contributed by atoms with Crippen LogP contribution in [0.1, 0.15) is 40.7 Å². The molecule has 1 aliphatic rings. The van der Waals surface area contributed by atoms with Gasteiger partial charge in [0.2, 0.25) is 11.8 Å². The predicted molar refractivity (Wildman–Crippen MR) is 116 cm³/mol. The van der Waals surface area contributed by atoms with Gasteiger partial charge in [0.05, 0.1) is 6.04 Å². The Morgan fingerprint density at radius 1 is 1.10 bits per heavy atom. The van der Waals surface area contributed by atoms with Crippen molar-refractivity contribution in [2.75, 3.05) is 18.4 Å². The fraction of sp³-hybridized carbons (Fsp3) is 0.348. The Balaban J connectivity index is 1.54. The van der Waals surface area contributed by atoms with Crippen LogP contribution in [0.4, 0.5) is 5.69 Å². The van der Waals surface area contributed by atoms with E-state index in [1.165, 1.54) is 0 Å². The van der Waals surface area contributed by atoms with E-state index in [1.807, 2.05) is 49.4 Å². The van der Waals surface area contributed by atoms with Crippen LogP contribution in [0.15, 0.2) is 48.5 Å². The van der Waals surface area contributed by atoms with Crippen molar-refractivity contribution in [1.29, 1.82) is 0 Å². The molecular formula is C23H28N4O3. The third kappa shape index (κ3) is 5.45. The molecule has 7 nitrogen and oxygen atoms in total. The Labute approximate surface area is 176 Å². The number of nitrogens with zero attached hydrogens (tertiary/aromatic N) is 1. The van der Waals surface area contributed by atoms with Gasteiger partial charge in [-0.05, 0) is 49.6 Å². The highest BCUT2D eigenvalue weighted by atomic mass is 16.2. The maximum absolute atomic E-state index is 12.4. The molecule has 30 heavy (non-hydrogen) atoms. The van der Waals surface area contributed by atoms with Gasteiger partial charge in [0, 0.05) is 30.8 Å². The first kappa shape index (κ1) is 21.5. The fourth-order valence-electron chi connectivity index (χ4n) is 3.76. The quantitative estimate of drug-likeness (QED) is 0.623. The average molecular weight is 409 g/mol. The summed E-state index contributed by atoms with van der Waals surface area (Å²) in [6.07, 6.45) is 1.87. The highest BCUT2D eigenvalue weighted by molar-refractivity contribution is 5.96. The minimum atomic E-state index is -0.307. The Morgan fingerprint density at radius 2 is 1.83 bits per heavy atom. The van der Waals surface area contributed by atoms with E-state index in [2.05, 4.69) is 15.5 Å². The lowest BCUT2D eigenvalue weighted by Crippen LogP contribution is -2.39. The molecule has 1 fully saturated rings. The molecule has 1 saturated heterocycles. The van der Waals surface area contributed by atoms with E-state index < -0.39 is 0 Å². The summed E-state index contributed by atoms with van der Waals surface area (Å²) in [5.41, 5.74) is 8.65. The summed E-state index contributed by atoms with van der Waals surface area (Å²) in [6, 6.07) is 14.6. The molecule has 1 atom stereocenters. The van der Waals surface area contributed by atoms with Crippen LogP contribution < -0.4 is 16.4 Å². The summed E-state index contributed by atoms with van der Waals surface area (Å²) in [4.78, 5) is 38.4. The first-order valence-electron chi connectivity index (χ1n) is 10.2. The average Bonchev–Trinajstić information content (AvgIpc) is 3.18. The van der Waals surface area contributed by atoms with Gasteiger partial charge >= 0.3 is 0 Å². The highest BCUT2D eigenvalue weighted by Crippen LogP contribution is 2.23. The van der Waals surface area contributed by atoms with Crippen molar-refractivity contribution in [3.8, 4) is 0 Å². The second-order valence-corrected chi connectivity index (χ2v) is 7.56. The number of rotatable bonds is 8. The molecule has 0 saturated carbocycles. The van der Waals surface area contributed by atoms with Crippen LogP contribution in [0.5, 0.6) is 0 Å². The van der Waals surface area contributed by atoms with E-state index in [0.717, 1.165) is 30.5 Å². The van der Waals surface area contributed by atoms with Crippen LogP contribution in [0, 0.1) is 6.92 Å². The molecule has 7 heteroatoms. The van der Waals surface area contributed by atoms with E-state index >= 15 is 0 Å². The molecule has 158 valence electrons. The summed E-state index contributed by atoms with van der Waals surface area (Å²) < 4.78 is 0. The molecule has 1 aliphatic heterocycles. The molecular weight excluding hydrogens is 380 g/mol. The lowest BCUT2D eigenvalue weighted by Gasteiger charge is -2.23. The van der Waals surface area contributed by atoms with E-state index in [9.17, 15) is 14.4 Å². The van der Waals surface area contributed by atoms with Crippen molar-refractivity contribution in [2.24, 2.45) is 5.73 Å². The number of likely N-dealkylation sites (tertiary alicyclic amines) is 1. The second-order valence-electron chi connectivity index (χ2n) is 7.56. The smallest absolute Gasteiger partial charge is 0.251 e. The van der Waals surface area contributed by atoms with Gasteiger partial charge in [-0.25, -0.2) is 0 Å². The van der Waals surface area contributed by atoms with Gasteiger partial charge in [-0.15, -0.1) is 0 Å². The standard InChI is InChI=1S/C23H28N4O3/c1-16-7-2-4-9-18(16)23(30)25-13-12-21(28)26-19-10-5-3-8-17(19)15-27-14-6-11-20(27)22(24)29/h2-5,7-10,20H,6,11-15H2,1H3,(H2,24,29)(H,25,30)(H,26,28). The Hall–Kier alpha value is -3.19. The lowest BCUT2D eigenvalue weighted by molar-refractivity contribution is -0.122. The number of anilines is 1. The van der Waals surface area contributed by atoms with Crippen molar-refractivity contribution in [3.05, 3.63) is 65.2 Å². The summed E-state index contributed by atoms with van der Waals surface area (Å²) in [5.74, 6) is -0.674. The summed E-state index contributed by atoms with van der Waals surface area (Å²) in [5, 5.41) is 5.71. The minimum Gasteiger partial charge on any atom is -0.368 e. The monoisotopic (exact) mass is 408 g/mol. The van der Waals surface area contributed by atoms with Crippen LogP contribution in [0.25, 0.3) is 0 Å². The molecule has 1 heterocycles. The van der Waals surface area contributed by atoms with E-state index in [1.54, 1.807) is 6.07 Å². The zero-order valence-electron chi connectivity index (χ0n) is 17.2. The Kier molecular flexibility index (Phi) is 7.19. The van der Waals surface area contributed by atoms with E-state index in [0.29, 0.717) is 17.8 Å². The largest absolute Gasteiger partial charge is 0.368 e. The molecule has 3 amide bonds. The number of amides is 3. The molecule has 1 unspecified atom stereocenters. The summed E-state index contributed by atoms with van der Waals surface area (Å²) in [7, 11) is 0. The van der Waals surface area contributed by atoms with Crippen molar-refractivity contribution < 1.29 is 14.4 Å². The van der Waals surface area contributed by atoms with Gasteiger partial charge in [-0.2, -0.15) is 0 Å². The molecule has 0 radical (unpaired) electrons. The van der Waals surface area contributed by atoms with Gasteiger partial charge in [0.25, 0.3) is 5.91 Å². The number of nitrogens with two attached hydrogens (primary N) is 1. The third-order valence-corrected chi connectivity index (χ3v) is 5.38. The van der Waals surface area contributed by atoms with Crippen LogP contribution in [-0.2, 0) is 16.1 Å². The Bertz CT molecular complexity index is 928. The molecule has 0 spiro atoms. The van der Waals surface area contributed by atoms with Crippen LogP contribution in [-0.4, -0.2) is 41.8 Å². The molecule has 3 rings (SSSR count). The summed E-state index contributed by atoms with van der Waals surface area (Å²) in [6.45, 7) is 3.48. The van der Waals surface area contributed by atoms with Crippen molar-refractivity contribution in [1.82, 2.24) is 10.2 Å². The third-order valence-electron chi connectivity index (χ3n) is 5.38. The molecule has 2 aromatic carbocycles. The van der Waals surface area contributed by atoms with Gasteiger partial charge in [-0.3, -0.25) is 19.3 Å². The maximum Gasteiger partial charge on any atom is 0.251 e. The molecule has 0 aliphatic carbocycles. The van der Waals surface area contributed by atoms with Crippen LogP contribution >= 0.6 is 0 Å². The summed E-state index contributed by atoms with van der Waals surface area (Å²) >= 11 is 0. The normalized spacial score (nSPS) is 16.2. The number of para-hydroxylation sites is 1. The van der Waals surface area contributed by atoms with Gasteiger partial charge < -0.3 is 16.4 Å². The number of hydrogen-bond acceptors (Lipinski definition) is 4. The number of aryl methyl sites for hydroxylation is 1. The predicted octanol–water partition coefficient (Wildman–Crippen LogP) is 2.20. The zero-order valence-corrected chi connectivity index (χ0v) is 17.2. The highest BCUT2D eigenvalue weighted by Gasteiger charge is 2.29. The van der Waals surface area contributed by atoms with Crippen molar-refractivity contribution in [3.63, 3.8) is 0 Å². The van der Waals surface area contributed by atoms with Gasteiger partial charge in [0.1, 0.15) is 0 Å². The number of nitrogens with one attached hydrogen (secondary N) is 2. The fourth-order valence-corrected chi connectivity index (χ4v) is 3.76. The van der Waals surface area contributed by atoms with Gasteiger partial charge in [-0.1, -0.05) is 36.4 Å². The second kappa shape index (κ2) is 10.0. The van der Waals surface area contributed by atoms with Crippen molar-refractivity contribution in [2.45, 2.75) is 38.8 Å².